The van der Waals surface area contributed by atoms with Crippen LogP contribution < -0.4 is 16.2 Å². The van der Waals surface area contributed by atoms with Crippen LogP contribution in [0, 0.1) is 0 Å². The average Bonchev–Trinajstić information content (AvgIpc) is 2.79. The number of amides is 3. The Balaban J connectivity index is 2.19. The fraction of sp³-hybridized carbons (Fsp3) is 0.400. The van der Waals surface area contributed by atoms with Crippen LogP contribution in [0.15, 0.2) is 23.0 Å². The van der Waals surface area contributed by atoms with E-state index in [0.29, 0.717) is 12.1 Å². The molecule has 0 spiro atoms. The second-order valence-electron chi connectivity index (χ2n) is 3.20. The van der Waals surface area contributed by atoms with Crippen molar-refractivity contribution >= 4 is 11.9 Å². The molecule has 1 aromatic rings. The molecule has 0 bridgehead atoms. The zero-order valence-corrected chi connectivity index (χ0v) is 9.08. The summed E-state index contributed by atoms with van der Waals surface area (Å²) in [6, 6.07) is 1.08. The molecule has 0 saturated heterocycles. The standard InChI is InChI=1S/C10H15N3O3/c1-2-3-5-11-10(15)13-12-9(14)8-4-6-16-7-8/h4,6-7H,2-3,5H2,1H3,(H,12,14)(H2,11,13,15). The van der Waals surface area contributed by atoms with Crippen molar-refractivity contribution in [3.05, 3.63) is 24.2 Å². The molecule has 88 valence electrons. The number of hydrazine groups is 1. The molecular formula is C10H15N3O3. The quantitative estimate of drug-likeness (QED) is 0.528. The van der Waals surface area contributed by atoms with Gasteiger partial charge in [-0.1, -0.05) is 13.3 Å². The molecular weight excluding hydrogens is 210 g/mol. The minimum Gasteiger partial charge on any atom is -0.472 e. The van der Waals surface area contributed by atoms with Crippen molar-refractivity contribution in [3.63, 3.8) is 0 Å². The molecule has 0 radical (unpaired) electrons. The van der Waals surface area contributed by atoms with Crippen LogP contribution in [0.2, 0.25) is 0 Å². The van der Waals surface area contributed by atoms with Gasteiger partial charge in [-0.05, 0) is 12.5 Å². The van der Waals surface area contributed by atoms with Gasteiger partial charge in [0.15, 0.2) is 0 Å². The third-order valence-corrected chi connectivity index (χ3v) is 1.89. The fourth-order valence-corrected chi connectivity index (χ4v) is 1.00. The van der Waals surface area contributed by atoms with Crippen LogP contribution in [0.25, 0.3) is 0 Å². The van der Waals surface area contributed by atoms with E-state index in [1.807, 2.05) is 6.92 Å². The van der Waals surface area contributed by atoms with Crippen LogP contribution >= 0.6 is 0 Å². The summed E-state index contributed by atoms with van der Waals surface area (Å²) in [4.78, 5) is 22.5. The first kappa shape index (κ1) is 12.1. The lowest BCUT2D eigenvalue weighted by Crippen LogP contribution is -2.47. The van der Waals surface area contributed by atoms with Crippen molar-refractivity contribution in [2.75, 3.05) is 6.54 Å². The monoisotopic (exact) mass is 225 g/mol. The Kier molecular flexibility index (Phi) is 4.91. The lowest BCUT2D eigenvalue weighted by Gasteiger charge is -2.07. The van der Waals surface area contributed by atoms with Gasteiger partial charge in [0, 0.05) is 6.54 Å². The normalized spacial score (nSPS) is 9.56. The van der Waals surface area contributed by atoms with Gasteiger partial charge in [0.25, 0.3) is 5.91 Å². The summed E-state index contributed by atoms with van der Waals surface area (Å²) in [5.74, 6) is -0.417. The third kappa shape index (κ3) is 4.04. The number of carbonyl (C=O) groups excluding carboxylic acids is 2. The van der Waals surface area contributed by atoms with Crippen LogP contribution in [-0.2, 0) is 0 Å². The van der Waals surface area contributed by atoms with Crippen LogP contribution in [0.4, 0.5) is 4.79 Å². The number of unbranched alkanes of at least 4 members (excludes halogenated alkanes) is 1. The molecule has 0 aliphatic carbocycles. The third-order valence-electron chi connectivity index (χ3n) is 1.89. The molecule has 0 atom stereocenters. The topological polar surface area (TPSA) is 83.4 Å². The predicted octanol–water partition coefficient (Wildman–Crippen LogP) is 1.02. The van der Waals surface area contributed by atoms with Gasteiger partial charge in [-0.25, -0.2) is 10.2 Å². The summed E-state index contributed by atoms with van der Waals surface area (Å²) in [5.41, 5.74) is 4.84. The van der Waals surface area contributed by atoms with Gasteiger partial charge in [0.2, 0.25) is 0 Å². The Morgan fingerprint density at radius 2 is 2.19 bits per heavy atom. The molecule has 3 amide bonds. The summed E-state index contributed by atoms with van der Waals surface area (Å²) in [6.45, 7) is 2.62. The highest BCUT2D eigenvalue weighted by atomic mass is 16.3. The maximum Gasteiger partial charge on any atom is 0.333 e. The molecule has 1 aromatic heterocycles. The molecule has 6 nitrogen and oxygen atoms in total. The average molecular weight is 225 g/mol. The number of rotatable bonds is 4. The van der Waals surface area contributed by atoms with Crippen molar-refractivity contribution in [3.8, 4) is 0 Å². The van der Waals surface area contributed by atoms with Crippen molar-refractivity contribution in [2.45, 2.75) is 19.8 Å². The van der Waals surface area contributed by atoms with Gasteiger partial charge in [-0.2, -0.15) is 0 Å². The summed E-state index contributed by atoms with van der Waals surface area (Å²) in [5, 5.41) is 2.60. The van der Waals surface area contributed by atoms with Crippen molar-refractivity contribution < 1.29 is 14.0 Å². The van der Waals surface area contributed by atoms with Crippen molar-refractivity contribution in [1.82, 2.24) is 16.2 Å². The smallest absolute Gasteiger partial charge is 0.333 e. The molecule has 3 N–H and O–H groups in total. The minimum atomic E-state index is -0.426. The number of furan rings is 1. The van der Waals surface area contributed by atoms with E-state index in [9.17, 15) is 9.59 Å². The largest absolute Gasteiger partial charge is 0.472 e. The summed E-state index contributed by atoms with van der Waals surface area (Å²) >= 11 is 0. The molecule has 1 rings (SSSR count). The lowest BCUT2D eigenvalue weighted by molar-refractivity contribution is 0.0935. The van der Waals surface area contributed by atoms with Crippen molar-refractivity contribution in [1.29, 1.82) is 0 Å². The Morgan fingerprint density at radius 3 is 2.81 bits per heavy atom. The summed E-state index contributed by atoms with van der Waals surface area (Å²) in [7, 11) is 0. The lowest BCUT2D eigenvalue weighted by atomic mass is 10.3. The molecule has 0 fully saturated rings. The van der Waals surface area contributed by atoms with Gasteiger partial charge >= 0.3 is 6.03 Å². The van der Waals surface area contributed by atoms with Crippen LogP contribution in [0.1, 0.15) is 30.1 Å². The number of nitrogens with one attached hydrogen (secondary N) is 3. The fourth-order valence-electron chi connectivity index (χ4n) is 1.00. The Morgan fingerprint density at radius 1 is 1.38 bits per heavy atom. The molecule has 0 aliphatic rings. The second-order valence-corrected chi connectivity index (χ2v) is 3.20. The van der Waals surface area contributed by atoms with E-state index in [1.165, 1.54) is 18.6 Å². The van der Waals surface area contributed by atoms with E-state index in [1.54, 1.807) is 0 Å². The van der Waals surface area contributed by atoms with Gasteiger partial charge in [0.05, 0.1) is 11.8 Å². The van der Waals surface area contributed by atoms with Crippen LogP contribution in [0.3, 0.4) is 0 Å². The van der Waals surface area contributed by atoms with Gasteiger partial charge < -0.3 is 9.73 Å². The summed E-state index contributed by atoms with van der Waals surface area (Å²) in [6.07, 6.45) is 4.59. The number of carbonyl (C=O) groups is 2. The highest BCUT2D eigenvalue weighted by Crippen LogP contribution is 1.97. The molecule has 0 unspecified atom stereocenters. The maximum atomic E-state index is 11.3. The highest BCUT2D eigenvalue weighted by molar-refractivity contribution is 5.94. The first-order valence-corrected chi connectivity index (χ1v) is 5.10. The summed E-state index contributed by atoms with van der Waals surface area (Å²) < 4.78 is 4.73. The van der Waals surface area contributed by atoms with E-state index in [0.717, 1.165) is 12.8 Å². The first-order chi connectivity index (χ1) is 7.74. The van der Waals surface area contributed by atoms with Gasteiger partial charge in [-0.3, -0.25) is 10.2 Å². The molecule has 6 heteroatoms. The van der Waals surface area contributed by atoms with E-state index in [-0.39, 0.29) is 0 Å². The van der Waals surface area contributed by atoms with Crippen molar-refractivity contribution in [2.24, 2.45) is 0 Å². The minimum absolute atomic E-state index is 0.355. The SMILES string of the molecule is CCCCNC(=O)NNC(=O)c1ccoc1. The van der Waals surface area contributed by atoms with E-state index in [2.05, 4.69) is 16.2 Å². The maximum absolute atomic E-state index is 11.3. The molecule has 1 heterocycles. The molecule has 16 heavy (non-hydrogen) atoms. The number of hydrogen-bond donors (Lipinski definition) is 3. The Labute approximate surface area is 93.4 Å². The molecule has 0 saturated carbocycles. The van der Waals surface area contributed by atoms with Crippen LogP contribution in [0.5, 0.6) is 0 Å². The zero-order chi connectivity index (χ0) is 11.8. The van der Waals surface area contributed by atoms with Gasteiger partial charge in [-0.15, -0.1) is 0 Å². The highest BCUT2D eigenvalue weighted by Gasteiger charge is 2.07. The number of hydrogen-bond acceptors (Lipinski definition) is 3. The first-order valence-electron chi connectivity index (χ1n) is 5.10. The Bertz CT molecular complexity index is 335. The van der Waals surface area contributed by atoms with Crippen LogP contribution in [-0.4, -0.2) is 18.5 Å². The molecule has 0 aromatic carbocycles. The predicted molar refractivity (Wildman–Crippen MR) is 57.6 cm³/mol. The van der Waals surface area contributed by atoms with E-state index >= 15 is 0 Å². The molecule has 0 aliphatic heterocycles. The van der Waals surface area contributed by atoms with E-state index in [4.69, 9.17) is 4.42 Å². The zero-order valence-electron chi connectivity index (χ0n) is 9.08. The van der Waals surface area contributed by atoms with E-state index < -0.39 is 11.9 Å². The number of urea groups is 1. The van der Waals surface area contributed by atoms with Gasteiger partial charge in [0.1, 0.15) is 6.26 Å². The second kappa shape index (κ2) is 6.49. The Hall–Kier alpha value is -1.98.